The standard InChI is InChI=1S/C19H27N5O/c1-14(17-4-3-9-20-11-17)10-19(25)23-15(2)16-5-7-18(8-6-16)24-13-21-12-22-24/h5-8,12-15,17,20H,3-4,9-11H2,1-2H3,(H,23,25). The van der Waals surface area contributed by atoms with E-state index in [1.54, 1.807) is 11.0 Å². The molecule has 2 aromatic rings. The number of piperidine rings is 1. The van der Waals surface area contributed by atoms with Gasteiger partial charge in [-0.15, -0.1) is 0 Å². The van der Waals surface area contributed by atoms with Crippen LogP contribution in [0.25, 0.3) is 5.69 Å². The summed E-state index contributed by atoms with van der Waals surface area (Å²) in [5, 5.41) is 10.7. The Labute approximate surface area is 149 Å². The summed E-state index contributed by atoms with van der Waals surface area (Å²) in [6.07, 6.45) is 6.21. The minimum Gasteiger partial charge on any atom is -0.350 e. The van der Waals surface area contributed by atoms with E-state index in [2.05, 4.69) is 27.6 Å². The summed E-state index contributed by atoms with van der Waals surface area (Å²) in [7, 11) is 0. The number of nitrogens with zero attached hydrogens (tertiary/aromatic N) is 3. The highest BCUT2D eigenvalue weighted by Gasteiger charge is 2.22. The molecule has 6 heteroatoms. The predicted octanol–water partition coefficient (Wildman–Crippen LogP) is 2.47. The van der Waals surface area contributed by atoms with Crippen molar-refractivity contribution in [2.24, 2.45) is 11.8 Å². The van der Waals surface area contributed by atoms with Crippen LogP contribution in [0, 0.1) is 11.8 Å². The number of carbonyl (C=O) groups is 1. The van der Waals surface area contributed by atoms with Crippen LogP contribution in [0.3, 0.4) is 0 Å². The van der Waals surface area contributed by atoms with Gasteiger partial charge in [-0.3, -0.25) is 4.79 Å². The maximum atomic E-state index is 12.4. The monoisotopic (exact) mass is 341 g/mol. The Kier molecular flexibility index (Phi) is 5.81. The van der Waals surface area contributed by atoms with Gasteiger partial charge in [0.15, 0.2) is 0 Å². The molecule has 0 spiro atoms. The molecule has 1 aliphatic rings. The lowest BCUT2D eigenvalue weighted by Crippen LogP contribution is -2.36. The molecule has 1 saturated heterocycles. The molecule has 2 N–H and O–H groups in total. The van der Waals surface area contributed by atoms with Crippen molar-refractivity contribution >= 4 is 5.91 Å². The van der Waals surface area contributed by atoms with Crippen LogP contribution in [-0.2, 0) is 4.79 Å². The minimum absolute atomic E-state index is 0.00558. The maximum Gasteiger partial charge on any atom is 0.220 e. The van der Waals surface area contributed by atoms with Gasteiger partial charge in [-0.1, -0.05) is 19.1 Å². The Bertz CT molecular complexity index is 662. The summed E-state index contributed by atoms with van der Waals surface area (Å²) in [5.74, 6) is 1.15. The van der Waals surface area contributed by atoms with E-state index < -0.39 is 0 Å². The van der Waals surface area contributed by atoms with Gasteiger partial charge in [0, 0.05) is 6.42 Å². The highest BCUT2D eigenvalue weighted by Crippen LogP contribution is 2.23. The Morgan fingerprint density at radius 1 is 1.36 bits per heavy atom. The maximum absolute atomic E-state index is 12.4. The molecule has 1 aliphatic heterocycles. The van der Waals surface area contributed by atoms with E-state index in [4.69, 9.17) is 0 Å². The zero-order valence-corrected chi connectivity index (χ0v) is 15.0. The molecule has 0 radical (unpaired) electrons. The minimum atomic E-state index is -0.00558. The number of nitrogens with one attached hydrogen (secondary N) is 2. The second kappa shape index (κ2) is 8.25. The predicted molar refractivity (Wildman–Crippen MR) is 97.3 cm³/mol. The molecule has 1 amide bonds. The molecule has 6 nitrogen and oxygen atoms in total. The van der Waals surface area contributed by atoms with Crippen molar-refractivity contribution in [1.29, 1.82) is 0 Å². The first kappa shape index (κ1) is 17.6. The van der Waals surface area contributed by atoms with Gasteiger partial charge in [0.25, 0.3) is 0 Å². The number of benzene rings is 1. The van der Waals surface area contributed by atoms with Gasteiger partial charge >= 0.3 is 0 Å². The lowest BCUT2D eigenvalue weighted by molar-refractivity contribution is -0.123. The SMILES string of the molecule is CC(NC(=O)CC(C)C1CCCNC1)c1ccc(-n2cncn2)cc1. The Morgan fingerprint density at radius 2 is 2.16 bits per heavy atom. The fraction of sp³-hybridized carbons (Fsp3) is 0.526. The second-order valence-electron chi connectivity index (χ2n) is 7.01. The topological polar surface area (TPSA) is 71.8 Å². The molecule has 0 bridgehead atoms. The largest absolute Gasteiger partial charge is 0.350 e. The molecule has 0 aliphatic carbocycles. The quantitative estimate of drug-likeness (QED) is 0.847. The molecular weight excluding hydrogens is 314 g/mol. The van der Waals surface area contributed by atoms with Crippen LogP contribution in [0.5, 0.6) is 0 Å². The van der Waals surface area contributed by atoms with E-state index in [-0.39, 0.29) is 11.9 Å². The van der Waals surface area contributed by atoms with Crippen LogP contribution in [0.1, 0.15) is 44.7 Å². The summed E-state index contributed by atoms with van der Waals surface area (Å²) in [5.41, 5.74) is 2.04. The highest BCUT2D eigenvalue weighted by molar-refractivity contribution is 5.76. The summed E-state index contributed by atoms with van der Waals surface area (Å²) in [4.78, 5) is 16.3. The Balaban J connectivity index is 1.52. The van der Waals surface area contributed by atoms with Gasteiger partial charge < -0.3 is 10.6 Å². The number of carbonyl (C=O) groups excluding carboxylic acids is 1. The summed E-state index contributed by atoms with van der Waals surface area (Å²) >= 11 is 0. The third-order valence-electron chi connectivity index (χ3n) is 5.10. The fourth-order valence-corrected chi connectivity index (χ4v) is 3.46. The zero-order valence-electron chi connectivity index (χ0n) is 15.0. The van der Waals surface area contributed by atoms with Crippen molar-refractivity contribution in [3.8, 4) is 5.69 Å². The zero-order chi connectivity index (χ0) is 17.6. The van der Waals surface area contributed by atoms with Gasteiger partial charge in [-0.2, -0.15) is 5.10 Å². The van der Waals surface area contributed by atoms with Crippen molar-refractivity contribution in [3.05, 3.63) is 42.5 Å². The van der Waals surface area contributed by atoms with Gasteiger partial charge in [-0.25, -0.2) is 9.67 Å². The van der Waals surface area contributed by atoms with Crippen molar-refractivity contribution in [3.63, 3.8) is 0 Å². The molecule has 2 heterocycles. The van der Waals surface area contributed by atoms with Crippen molar-refractivity contribution in [1.82, 2.24) is 25.4 Å². The van der Waals surface area contributed by atoms with Gasteiger partial charge in [0.2, 0.25) is 5.91 Å². The number of aromatic nitrogens is 3. The van der Waals surface area contributed by atoms with Crippen molar-refractivity contribution in [2.45, 2.75) is 39.2 Å². The van der Waals surface area contributed by atoms with E-state index in [0.29, 0.717) is 18.3 Å². The average Bonchev–Trinajstić information content (AvgIpc) is 3.17. The summed E-state index contributed by atoms with van der Waals surface area (Å²) in [6, 6.07) is 8.02. The number of hydrogen-bond acceptors (Lipinski definition) is 4. The van der Waals surface area contributed by atoms with Crippen LogP contribution in [0.4, 0.5) is 0 Å². The van der Waals surface area contributed by atoms with Crippen LogP contribution >= 0.6 is 0 Å². The molecule has 25 heavy (non-hydrogen) atoms. The first-order valence-corrected chi connectivity index (χ1v) is 9.08. The third kappa shape index (κ3) is 4.66. The van der Waals surface area contributed by atoms with Gasteiger partial charge in [-0.05, 0) is 62.4 Å². The molecular formula is C19H27N5O. The molecule has 3 atom stereocenters. The van der Waals surface area contributed by atoms with E-state index in [0.717, 1.165) is 24.3 Å². The number of hydrogen-bond donors (Lipinski definition) is 2. The number of rotatable bonds is 6. The fourth-order valence-electron chi connectivity index (χ4n) is 3.46. The lowest BCUT2D eigenvalue weighted by Gasteiger charge is -2.28. The number of amides is 1. The van der Waals surface area contributed by atoms with Crippen molar-refractivity contribution < 1.29 is 4.79 Å². The Hall–Kier alpha value is -2.21. The molecule has 1 fully saturated rings. The lowest BCUT2D eigenvalue weighted by atomic mass is 9.85. The molecule has 0 saturated carbocycles. The summed E-state index contributed by atoms with van der Waals surface area (Å²) < 4.78 is 1.72. The molecule has 3 unspecified atom stereocenters. The Morgan fingerprint density at radius 3 is 2.80 bits per heavy atom. The highest BCUT2D eigenvalue weighted by atomic mass is 16.1. The van der Waals surface area contributed by atoms with Crippen LogP contribution in [-0.4, -0.2) is 33.8 Å². The van der Waals surface area contributed by atoms with Gasteiger partial charge in [0.05, 0.1) is 11.7 Å². The van der Waals surface area contributed by atoms with Crippen LogP contribution in [0.2, 0.25) is 0 Å². The van der Waals surface area contributed by atoms with E-state index in [9.17, 15) is 4.79 Å². The van der Waals surface area contributed by atoms with Crippen LogP contribution < -0.4 is 10.6 Å². The summed E-state index contributed by atoms with van der Waals surface area (Å²) in [6.45, 7) is 6.36. The first-order chi connectivity index (χ1) is 12.1. The van der Waals surface area contributed by atoms with Gasteiger partial charge in [0.1, 0.15) is 12.7 Å². The van der Waals surface area contributed by atoms with E-state index in [1.807, 2.05) is 31.2 Å². The first-order valence-electron chi connectivity index (χ1n) is 9.08. The third-order valence-corrected chi connectivity index (χ3v) is 5.10. The normalized spacial score (nSPS) is 20.0. The average molecular weight is 341 g/mol. The second-order valence-corrected chi connectivity index (χ2v) is 7.01. The van der Waals surface area contributed by atoms with Crippen molar-refractivity contribution in [2.75, 3.05) is 13.1 Å². The molecule has 1 aromatic carbocycles. The van der Waals surface area contributed by atoms with E-state index >= 15 is 0 Å². The van der Waals surface area contributed by atoms with E-state index in [1.165, 1.54) is 19.2 Å². The molecule has 134 valence electrons. The molecule has 1 aromatic heterocycles. The van der Waals surface area contributed by atoms with Crippen LogP contribution in [0.15, 0.2) is 36.9 Å². The smallest absolute Gasteiger partial charge is 0.220 e. The molecule has 3 rings (SSSR count).